The topological polar surface area (TPSA) is 67.9 Å². The second kappa shape index (κ2) is 6.95. The molecule has 5 nitrogen and oxygen atoms in total. The van der Waals surface area contributed by atoms with E-state index in [4.69, 9.17) is 5.84 Å². The lowest BCUT2D eigenvalue weighted by atomic mass is 10.1. The number of aryl methyl sites for hydroxylation is 2. The van der Waals surface area contributed by atoms with Crippen molar-refractivity contribution in [1.29, 1.82) is 0 Å². The molecule has 3 aromatic rings. The number of thiazole rings is 1. The second-order valence-corrected chi connectivity index (χ2v) is 6.41. The fraction of sp³-hybridized carbons (Fsp3) is 0.235. The van der Waals surface area contributed by atoms with Crippen molar-refractivity contribution >= 4 is 11.3 Å². The Morgan fingerprint density at radius 2 is 1.91 bits per heavy atom. The Morgan fingerprint density at radius 3 is 2.65 bits per heavy atom. The fourth-order valence-electron chi connectivity index (χ4n) is 2.46. The number of hydrogen-bond acceptors (Lipinski definition) is 6. The monoisotopic (exact) mass is 325 g/mol. The van der Waals surface area contributed by atoms with Gasteiger partial charge in [-0.15, -0.1) is 11.3 Å². The van der Waals surface area contributed by atoms with Crippen molar-refractivity contribution in [2.75, 3.05) is 0 Å². The highest BCUT2D eigenvalue weighted by molar-refractivity contribution is 7.13. The van der Waals surface area contributed by atoms with Crippen molar-refractivity contribution in [3.8, 4) is 10.6 Å². The lowest BCUT2D eigenvalue weighted by Crippen LogP contribution is -2.31. The van der Waals surface area contributed by atoms with Crippen molar-refractivity contribution < 1.29 is 0 Å². The van der Waals surface area contributed by atoms with Gasteiger partial charge >= 0.3 is 0 Å². The van der Waals surface area contributed by atoms with Crippen LogP contribution in [0, 0.1) is 13.8 Å². The summed E-state index contributed by atoms with van der Waals surface area (Å²) in [5, 5.41) is 4.67. The number of hydrogen-bond donors (Lipinski definition) is 1. The molecule has 0 atom stereocenters. The molecular formula is C17H19N5S. The normalized spacial score (nSPS) is 11.1. The van der Waals surface area contributed by atoms with Gasteiger partial charge in [0, 0.05) is 29.5 Å². The molecule has 0 aromatic carbocycles. The molecule has 3 aromatic heterocycles. The molecule has 3 rings (SSSR count). The zero-order valence-electron chi connectivity index (χ0n) is 13.2. The molecule has 0 saturated heterocycles. The summed E-state index contributed by atoms with van der Waals surface area (Å²) >= 11 is 1.60. The molecule has 0 bridgehead atoms. The summed E-state index contributed by atoms with van der Waals surface area (Å²) in [5.74, 6) is 6.20. The van der Waals surface area contributed by atoms with Gasteiger partial charge in [-0.2, -0.15) is 0 Å². The maximum atomic E-state index is 6.20. The van der Waals surface area contributed by atoms with Crippen LogP contribution in [0.15, 0.2) is 42.2 Å². The van der Waals surface area contributed by atoms with Crippen molar-refractivity contribution in [1.82, 2.24) is 20.0 Å². The number of pyridine rings is 2. The molecule has 0 aliphatic carbocycles. The number of hydrazine groups is 1. The van der Waals surface area contributed by atoms with E-state index >= 15 is 0 Å². The van der Waals surface area contributed by atoms with E-state index in [1.165, 1.54) is 0 Å². The Labute approximate surface area is 139 Å². The van der Waals surface area contributed by atoms with Crippen LogP contribution in [0.3, 0.4) is 0 Å². The van der Waals surface area contributed by atoms with Crippen molar-refractivity contribution in [3.05, 3.63) is 64.7 Å². The van der Waals surface area contributed by atoms with Crippen LogP contribution >= 0.6 is 11.3 Å². The molecule has 0 spiro atoms. The minimum Gasteiger partial charge on any atom is -0.268 e. The van der Waals surface area contributed by atoms with Crippen molar-refractivity contribution in [2.45, 2.75) is 26.9 Å². The van der Waals surface area contributed by atoms with Crippen LogP contribution in [0.2, 0.25) is 0 Å². The number of rotatable bonds is 5. The van der Waals surface area contributed by atoms with Gasteiger partial charge in [-0.05, 0) is 37.1 Å². The second-order valence-electron chi connectivity index (χ2n) is 5.52. The van der Waals surface area contributed by atoms with Crippen LogP contribution in [-0.2, 0) is 13.1 Å². The van der Waals surface area contributed by atoms with Gasteiger partial charge in [0.25, 0.3) is 0 Å². The number of aromatic nitrogens is 3. The number of nitrogens with zero attached hydrogens (tertiary/aromatic N) is 4. The fourth-order valence-corrected chi connectivity index (χ4v) is 3.15. The molecule has 23 heavy (non-hydrogen) atoms. The maximum absolute atomic E-state index is 6.20. The van der Waals surface area contributed by atoms with E-state index in [-0.39, 0.29) is 0 Å². The van der Waals surface area contributed by atoms with E-state index in [1.807, 2.05) is 30.6 Å². The van der Waals surface area contributed by atoms with Crippen LogP contribution in [0.4, 0.5) is 0 Å². The SMILES string of the molecule is Cc1cnc(CN(N)Cc2ncccc2-c2nccs2)c(C)c1. The zero-order valence-corrected chi connectivity index (χ0v) is 14.0. The van der Waals surface area contributed by atoms with Gasteiger partial charge in [-0.3, -0.25) is 15.8 Å². The molecule has 118 valence electrons. The van der Waals surface area contributed by atoms with Gasteiger partial charge in [0.1, 0.15) is 5.01 Å². The van der Waals surface area contributed by atoms with Gasteiger partial charge in [-0.25, -0.2) is 9.99 Å². The minimum atomic E-state index is 0.546. The zero-order chi connectivity index (χ0) is 16.2. The molecule has 0 aliphatic heterocycles. The Morgan fingerprint density at radius 1 is 1.09 bits per heavy atom. The largest absolute Gasteiger partial charge is 0.268 e. The van der Waals surface area contributed by atoms with Crippen molar-refractivity contribution in [2.24, 2.45) is 5.84 Å². The van der Waals surface area contributed by atoms with Gasteiger partial charge in [0.2, 0.25) is 0 Å². The van der Waals surface area contributed by atoms with E-state index < -0.39 is 0 Å². The first kappa shape index (κ1) is 15.7. The molecular weight excluding hydrogens is 306 g/mol. The summed E-state index contributed by atoms with van der Waals surface area (Å²) in [7, 11) is 0. The summed E-state index contributed by atoms with van der Waals surface area (Å²) < 4.78 is 0. The minimum absolute atomic E-state index is 0.546. The van der Waals surface area contributed by atoms with Crippen LogP contribution in [0.1, 0.15) is 22.5 Å². The molecule has 2 N–H and O–H groups in total. The highest BCUT2D eigenvalue weighted by atomic mass is 32.1. The number of nitrogens with two attached hydrogens (primary N) is 1. The standard InChI is InChI=1S/C17H19N5S/c1-12-8-13(2)15(21-9-12)10-22(18)11-16-14(4-3-5-19-16)17-20-6-7-23-17/h3-9H,10-11,18H2,1-2H3. The molecule has 0 aliphatic rings. The molecule has 0 unspecified atom stereocenters. The predicted octanol–water partition coefficient (Wildman–Crippen LogP) is 3.09. The third-order valence-electron chi connectivity index (χ3n) is 3.58. The van der Waals surface area contributed by atoms with Crippen LogP contribution in [-0.4, -0.2) is 20.0 Å². The molecule has 0 saturated carbocycles. The van der Waals surface area contributed by atoms with E-state index in [0.29, 0.717) is 13.1 Å². The third-order valence-corrected chi connectivity index (χ3v) is 4.39. The Kier molecular flexibility index (Phi) is 4.76. The summed E-state index contributed by atoms with van der Waals surface area (Å²) in [6.45, 7) is 5.23. The Bertz CT molecular complexity index is 785. The Balaban J connectivity index is 1.77. The lowest BCUT2D eigenvalue weighted by Gasteiger charge is -2.18. The first-order valence-electron chi connectivity index (χ1n) is 7.39. The molecule has 0 fully saturated rings. The van der Waals surface area contributed by atoms with E-state index in [9.17, 15) is 0 Å². The van der Waals surface area contributed by atoms with Crippen LogP contribution in [0.25, 0.3) is 10.6 Å². The Hall–Kier alpha value is -2.15. The molecule has 0 radical (unpaired) electrons. The molecule has 6 heteroatoms. The average Bonchev–Trinajstić information content (AvgIpc) is 3.05. The maximum Gasteiger partial charge on any atom is 0.125 e. The first-order valence-corrected chi connectivity index (χ1v) is 8.27. The van der Waals surface area contributed by atoms with Crippen LogP contribution in [0.5, 0.6) is 0 Å². The van der Waals surface area contributed by atoms with Gasteiger partial charge in [0.15, 0.2) is 0 Å². The van der Waals surface area contributed by atoms with E-state index in [0.717, 1.165) is 33.1 Å². The highest BCUT2D eigenvalue weighted by Crippen LogP contribution is 2.25. The van der Waals surface area contributed by atoms with Gasteiger partial charge < -0.3 is 0 Å². The van der Waals surface area contributed by atoms with Crippen LogP contribution < -0.4 is 5.84 Å². The van der Waals surface area contributed by atoms with E-state index in [2.05, 4.69) is 27.9 Å². The third kappa shape index (κ3) is 3.79. The lowest BCUT2D eigenvalue weighted by molar-refractivity contribution is 0.259. The quantitative estimate of drug-likeness (QED) is 0.577. The van der Waals surface area contributed by atoms with Gasteiger partial charge in [-0.1, -0.05) is 6.07 Å². The summed E-state index contributed by atoms with van der Waals surface area (Å²) in [4.78, 5) is 13.3. The van der Waals surface area contributed by atoms with E-state index in [1.54, 1.807) is 28.7 Å². The highest BCUT2D eigenvalue weighted by Gasteiger charge is 2.12. The van der Waals surface area contributed by atoms with Crippen molar-refractivity contribution in [3.63, 3.8) is 0 Å². The van der Waals surface area contributed by atoms with Gasteiger partial charge in [0.05, 0.1) is 24.5 Å². The molecule has 3 heterocycles. The smallest absolute Gasteiger partial charge is 0.125 e. The average molecular weight is 325 g/mol. The predicted molar refractivity (Wildman–Crippen MR) is 92.5 cm³/mol. The summed E-state index contributed by atoms with van der Waals surface area (Å²) in [6, 6.07) is 6.08. The summed E-state index contributed by atoms with van der Waals surface area (Å²) in [5.41, 5.74) is 5.26. The molecule has 0 amide bonds. The first-order chi connectivity index (χ1) is 11.1. The summed E-state index contributed by atoms with van der Waals surface area (Å²) in [6.07, 6.45) is 5.46.